The van der Waals surface area contributed by atoms with E-state index >= 15 is 0 Å². The second-order valence-electron chi connectivity index (χ2n) is 6.60. The molecule has 1 aromatic heterocycles. The third-order valence-corrected chi connectivity index (χ3v) is 4.14. The number of likely N-dealkylation sites (N-methyl/N-ethyl adjacent to an activating group) is 1. The molecule has 138 valence electrons. The lowest BCUT2D eigenvalue weighted by molar-refractivity contribution is -0.116. The Morgan fingerprint density at radius 3 is 2.38 bits per heavy atom. The minimum Gasteiger partial charge on any atom is -0.330 e. The molecule has 0 bridgehead atoms. The number of pyridine rings is 1. The summed E-state index contributed by atoms with van der Waals surface area (Å²) >= 11 is 0. The maximum atomic E-state index is 12.3. The molecule has 0 saturated carbocycles. The van der Waals surface area contributed by atoms with E-state index < -0.39 is 0 Å². The van der Waals surface area contributed by atoms with Gasteiger partial charge in [-0.05, 0) is 51.0 Å². The van der Waals surface area contributed by atoms with Crippen LogP contribution in [-0.2, 0) is 4.79 Å². The summed E-state index contributed by atoms with van der Waals surface area (Å²) < 4.78 is 0. The summed E-state index contributed by atoms with van der Waals surface area (Å²) in [6.07, 6.45) is 1.68. The van der Waals surface area contributed by atoms with E-state index in [1.54, 1.807) is 13.2 Å². The number of nitrogens with zero attached hydrogens (tertiary/aromatic N) is 2. The molecule has 1 unspecified atom stereocenters. The first-order chi connectivity index (χ1) is 12.3. The maximum absolute atomic E-state index is 12.3. The molecule has 0 radical (unpaired) electrons. The maximum Gasteiger partial charge on any atom is 0.318 e. The summed E-state index contributed by atoms with van der Waals surface area (Å²) in [6, 6.07) is 9.02. The average Bonchev–Trinajstić information content (AvgIpc) is 2.58. The van der Waals surface area contributed by atoms with Gasteiger partial charge in [-0.25, -0.2) is 4.79 Å². The molecule has 2 N–H and O–H groups in total. The van der Waals surface area contributed by atoms with Crippen LogP contribution in [-0.4, -0.2) is 35.4 Å². The fourth-order valence-corrected chi connectivity index (χ4v) is 2.84. The molecule has 0 aliphatic heterocycles. The first kappa shape index (κ1) is 19.4. The largest absolute Gasteiger partial charge is 0.330 e. The van der Waals surface area contributed by atoms with Crippen molar-refractivity contribution in [1.82, 2.24) is 15.2 Å². The van der Waals surface area contributed by atoms with Crippen LogP contribution in [0.15, 0.2) is 36.5 Å². The van der Waals surface area contributed by atoms with Crippen molar-refractivity contribution in [3.63, 3.8) is 0 Å². The monoisotopic (exact) mass is 354 g/mol. The Morgan fingerprint density at radius 1 is 1.15 bits per heavy atom. The lowest BCUT2D eigenvalue weighted by Gasteiger charge is -2.21. The van der Waals surface area contributed by atoms with Gasteiger partial charge in [0.1, 0.15) is 6.54 Å². The van der Waals surface area contributed by atoms with E-state index in [9.17, 15) is 9.59 Å². The first-order valence-electron chi connectivity index (χ1n) is 8.58. The lowest BCUT2D eigenvalue weighted by atomic mass is 10.1. The van der Waals surface area contributed by atoms with E-state index in [-0.39, 0.29) is 24.5 Å². The fourth-order valence-electron chi connectivity index (χ4n) is 2.84. The molecule has 1 atom stereocenters. The number of aryl methyl sites for hydroxylation is 3. The van der Waals surface area contributed by atoms with Crippen molar-refractivity contribution < 1.29 is 9.59 Å². The van der Waals surface area contributed by atoms with Crippen LogP contribution in [0.3, 0.4) is 0 Å². The zero-order valence-corrected chi connectivity index (χ0v) is 16.0. The Hall–Kier alpha value is -2.89. The van der Waals surface area contributed by atoms with Gasteiger partial charge in [-0.2, -0.15) is 0 Å². The topological polar surface area (TPSA) is 74.3 Å². The fraction of sp³-hybridized carbons (Fsp3) is 0.350. The zero-order chi connectivity index (χ0) is 19.3. The van der Waals surface area contributed by atoms with Crippen molar-refractivity contribution in [2.75, 3.05) is 18.9 Å². The number of aromatic nitrogens is 1. The second kappa shape index (κ2) is 8.47. The van der Waals surface area contributed by atoms with Gasteiger partial charge >= 0.3 is 6.03 Å². The Labute approximate surface area is 154 Å². The Kier molecular flexibility index (Phi) is 6.33. The molecule has 1 heterocycles. The second-order valence-corrected chi connectivity index (χ2v) is 6.60. The van der Waals surface area contributed by atoms with E-state index in [1.807, 2.05) is 58.0 Å². The third-order valence-electron chi connectivity index (χ3n) is 4.14. The van der Waals surface area contributed by atoms with Crippen molar-refractivity contribution in [1.29, 1.82) is 0 Å². The van der Waals surface area contributed by atoms with Crippen molar-refractivity contribution in [2.24, 2.45) is 0 Å². The molecule has 2 aromatic rings. The van der Waals surface area contributed by atoms with Crippen LogP contribution in [0.25, 0.3) is 0 Å². The van der Waals surface area contributed by atoms with Gasteiger partial charge < -0.3 is 15.5 Å². The molecular weight excluding hydrogens is 328 g/mol. The van der Waals surface area contributed by atoms with Gasteiger partial charge in [0.05, 0.1) is 11.7 Å². The molecule has 2 rings (SSSR count). The summed E-state index contributed by atoms with van der Waals surface area (Å²) in [5.74, 6) is -0.233. The quantitative estimate of drug-likeness (QED) is 0.865. The molecular formula is C20H26N4O2. The number of nitrogens with one attached hydrogen (secondary N) is 2. The van der Waals surface area contributed by atoms with Gasteiger partial charge in [0.15, 0.2) is 0 Å². The van der Waals surface area contributed by atoms with Crippen molar-refractivity contribution in [2.45, 2.75) is 33.7 Å². The molecule has 0 fully saturated rings. The van der Waals surface area contributed by atoms with Crippen LogP contribution in [0.1, 0.15) is 35.3 Å². The number of urea groups is 1. The number of anilines is 1. The van der Waals surface area contributed by atoms with Crippen LogP contribution < -0.4 is 10.6 Å². The molecule has 0 aliphatic carbocycles. The summed E-state index contributed by atoms with van der Waals surface area (Å²) in [5.41, 5.74) is 4.73. The van der Waals surface area contributed by atoms with Crippen LogP contribution in [0.4, 0.5) is 10.5 Å². The highest BCUT2D eigenvalue weighted by Gasteiger charge is 2.17. The van der Waals surface area contributed by atoms with Gasteiger partial charge in [-0.3, -0.25) is 9.78 Å². The van der Waals surface area contributed by atoms with Crippen LogP contribution >= 0.6 is 0 Å². The third kappa shape index (κ3) is 5.05. The summed E-state index contributed by atoms with van der Waals surface area (Å²) in [5, 5.41) is 5.74. The van der Waals surface area contributed by atoms with Gasteiger partial charge in [-0.1, -0.05) is 23.8 Å². The van der Waals surface area contributed by atoms with Crippen molar-refractivity contribution in [3.8, 4) is 0 Å². The number of amides is 3. The average molecular weight is 354 g/mol. The Bertz CT molecular complexity index is 767. The first-order valence-corrected chi connectivity index (χ1v) is 8.58. The smallest absolute Gasteiger partial charge is 0.318 e. The van der Waals surface area contributed by atoms with Gasteiger partial charge in [0.25, 0.3) is 0 Å². The summed E-state index contributed by atoms with van der Waals surface area (Å²) in [6.45, 7) is 7.76. The normalized spacial score (nSPS) is 11.6. The summed E-state index contributed by atoms with van der Waals surface area (Å²) in [7, 11) is 1.59. The predicted octanol–water partition coefficient (Wildman–Crippen LogP) is 3.35. The zero-order valence-electron chi connectivity index (χ0n) is 16.0. The minimum absolute atomic E-state index is 0.0342. The SMILES string of the molecule is Cc1cc(C)c(NC(=O)CN(C)C(=O)NC(C)c2ccccn2)c(C)c1. The molecule has 0 saturated heterocycles. The van der Waals surface area contributed by atoms with Crippen LogP contribution in [0.5, 0.6) is 0 Å². The van der Waals surface area contributed by atoms with Gasteiger partial charge in [0, 0.05) is 18.9 Å². The number of rotatable bonds is 5. The molecule has 1 aromatic carbocycles. The highest BCUT2D eigenvalue weighted by Crippen LogP contribution is 2.21. The predicted molar refractivity (Wildman–Crippen MR) is 103 cm³/mol. The minimum atomic E-state index is -0.323. The Balaban J connectivity index is 1.93. The van der Waals surface area contributed by atoms with E-state index in [0.29, 0.717) is 0 Å². The van der Waals surface area contributed by atoms with E-state index in [0.717, 1.165) is 28.1 Å². The molecule has 3 amide bonds. The highest BCUT2D eigenvalue weighted by molar-refractivity contribution is 5.95. The number of hydrogen-bond donors (Lipinski definition) is 2. The van der Waals surface area contributed by atoms with E-state index in [1.165, 1.54) is 4.90 Å². The van der Waals surface area contributed by atoms with Gasteiger partial charge in [-0.15, -0.1) is 0 Å². The van der Waals surface area contributed by atoms with Gasteiger partial charge in [0.2, 0.25) is 5.91 Å². The number of hydrogen-bond acceptors (Lipinski definition) is 3. The van der Waals surface area contributed by atoms with Crippen LogP contribution in [0, 0.1) is 20.8 Å². The standard InChI is InChI=1S/C20H26N4O2/c1-13-10-14(2)19(15(3)11-13)23-18(25)12-24(5)20(26)22-16(4)17-8-6-7-9-21-17/h6-11,16H,12H2,1-5H3,(H,22,26)(H,23,25). The van der Waals surface area contributed by atoms with Crippen molar-refractivity contribution >= 4 is 17.6 Å². The molecule has 0 aliphatic rings. The Morgan fingerprint density at radius 2 is 1.81 bits per heavy atom. The molecule has 6 heteroatoms. The molecule has 6 nitrogen and oxygen atoms in total. The lowest BCUT2D eigenvalue weighted by Crippen LogP contribution is -2.42. The van der Waals surface area contributed by atoms with Crippen molar-refractivity contribution in [3.05, 3.63) is 58.9 Å². The number of carbonyl (C=O) groups is 2. The summed E-state index contributed by atoms with van der Waals surface area (Å²) in [4.78, 5) is 30.2. The molecule has 0 spiro atoms. The van der Waals surface area contributed by atoms with Crippen LogP contribution in [0.2, 0.25) is 0 Å². The van der Waals surface area contributed by atoms with E-state index in [2.05, 4.69) is 15.6 Å². The number of benzene rings is 1. The van der Waals surface area contributed by atoms with E-state index in [4.69, 9.17) is 0 Å². The molecule has 26 heavy (non-hydrogen) atoms. The highest BCUT2D eigenvalue weighted by atomic mass is 16.2. The number of carbonyl (C=O) groups excluding carboxylic acids is 2.